The van der Waals surface area contributed by atoms with Gasteiger partial charge in [0.15, 0.2) is 5.79 Å². The zero-order valence-corrected chi connectivity index (χ0v) is 13.1. The van der Waals surface area contributed by atoms with Crippen LogP contribution in [0.25, 0.3) is 0 Å². The Balaban J connectivity index is 2.05. The molecule has 1 saturated carbocycles. The van der Waals surface area contributed by atoms with Gasteiger partial charge in [-0.3, -0.25) is 9.59 Å². The maximum atomic E-state index is 12.9. The second-order valence-corrected chi connectivity index (χ2v) is 5.91. The Labute approximate surface area is 125 Å². The van der Waals surface area contributed by atoms with Crippen LogP contribution in [0.5, 0.6) is 0 Å². The molecule has 1 amide bonds. The molecule has 0 aromatic carbocycles. The summed E-state index contributed by atoms with van der Waals surface area (Å²) in [6, 6.07) is 0.0289. The molecular weight excluding hydrogens is 274 g/mol. The molecule has 2 fully saturated rings. The number of hydrogen-bond acceptors (Lipinski definition) is 5. The molecule has 1 atom stereocenters. The summed E-state index contributed by atoms with van der Waals surface area (Å²) in [5.41, 5.74) is 0. The predicted molar refractivity (Wildman–Crippen MR) is 75.5 cm³/mol. The first-order valence-corrected chi connectivity index (χ1v) is 7.65. The van der Waals surface area contributed by atoms with Crippen molar-refractivity contribution in [2.24, 2.45) is 5.92 Å². The van der Waals surface area contributed by atoms with E-state index in [1.807, 2.05) is 13.8 Å². The Morgan fingerprint density at radius 2 is 2.00 bits per heavy atom. The van der Waals surface area contributed by atoms with E-state index in [9.17, 15) is 9.59 Å². The van der Waals surface area contributed by atoms with Crippen molar-refractivity contribution in [1.29, 1.82) is 0 Å². The van der Waals surface area contributed by atoms with Crippen LogP contribution in [0.3, 0.4) is 0 Å². The third kappa shape index (κ3) is 3.37. The summed E-state index contributed by atoms with van der Waals surface area (Å²) >= 11 is 0. The first-order chi connectivity index (χ1) is 10.00. The second-order valence-electron chi connectivity index (χ2n) is 5.91. The quantitative estimate of drug-likeness (QED) is 0.717. The Morgan fingerprint density at radius 1 is 1.33 bits per heavy atom. The molecule has 1 unspecified atom stereocenters. The van der Waals surface area contributed by atoms with Crippen molar-refractivity contribution >= 4 is 11.9 Å². The monoisotopic (exact) mass is 299 g/mol. The van der Waals surface area contributed by atoms with E-state index in [2.05, 4.69) is 4.74 Å². The van der Waals surface area contributed by atoms with E-state index in [4.69, 9.17) is 9.47 Å². The van der Waals surface area contributed by atoms with E-state index in [0.29, 0.717) is 19.8 Å². The van der Waals surface area contributed by atoms with Gasteiger partial charge in [0.2, 0.25) is 5.91 Å². The molecular formula is C15H25NO5. The van der Waals surface area contributed by atoms with Crippen LogP contribution >= 0.6 is 0 Å². The standard InChI is InChI=1S/C15H25NO5/c1-11(2)16(8-6-13(17)19-3)14(18)12-5-4-7-15(12)20-9-10-21-15/h11-12H,4-10H2,1-3H3. The fourth-order valence-electron chi connectivity index (χ4n) is 3.21. The van der Waals surface area contributed by atoms with Crippen molar-refractivity contribution in [2.45, 2.75) is 51.4 Å². The summed E-state index contributed by atoms with van der Waals surface area (Å²) in [4.78, 5) is 25.9. The zero-order chi connectivity index (χ0) is 15.5. The van der Waals surface area contributed by atoms with Gasteiger partial charge >= 0.3 is 5.97 Å². The van der Waals surface area contributed by atoms with Gasteiger partial charge in [-0.05, 0) is 26.7 Å². The van der Waals surface area contributed by atoms with Gasteiger partial charge in [0.1, 0.15) is 0 Å². The summed E-state index contributed by atoms with van der Waals surface area (Å²) in [5.74, 6) is -1.27. The van der Waals surface area contributed by atoms with E-state index in [0.717, 1.165) is 19.3 Å². The van der Waals surface area contributed by atoms with Crippen molar-refractivity contribution in [3.8, 4) is 0 Å². The van der Waals surface area contributed by atoms with E-state index in [-0.39, 0.29) is 30.3 Å². The van der Waals surface area contributed by atoms with Crippen LogP contribution in [0.15, 0.2) is 0 Å². The van der Waals surface area contributed by atoms with Crippen molar-refractivity contribution in [3.05, 3.63) is 0 Å². The summed E-state index contributed by atoms with van der Waals surface area (Å²) in [6.45, 7) is 5.37. The van der Waals surface area contributed by atoms with Crippen molar-refractivity contribution in [3.63, 3.8) is 0 Å². The first-order valence-electron chi connectivity index (χ1n) is 7.65. The van der Waals surface area contributed by atoms with E-state index in [1.165, 1.54) is 7.11 Å². The molecule has 1 heterocycles. The Hall–Kier alpha value is -1.14. The van der Waals surface area contributed by atoms with Crippen LogP contribution in [0.2, 0.25) is 0 Å². The summed E-state index contributed by atoms with van der Waals surface area (Å²) in [6.07, 6.45) is 2.69. The van der Waals surface area contributed by atoms with E-state index in [1.54, 1.807) is 4.90 Å². The number of amides is 1. The maximum absolute atomic E-state index is 12.9. The molecule has 6 nitrogen and oxygen atoms in total. The van der Waals surface area contributed by atoms with E-state index < -0.39 is 5.79 Å². The lowest BCUT2D eigenvalue weighted by Gasteiger charge is -2.34. The number of ether oxygens (including phenoxy) is 3. The van der Waals surface area contributed by atoms with E-state index >= 15 is 0 Å². The SMILES string of the molecule is COC(=O)CCN(C(=O)C1CCCC12OCCO2)C(C)C. The molecule has 6 heteroatoms. The molecule has 2 rings (SSSR count). The highest BCUT2D eigenvalue weighted by atomic mass is 16.7. The normalized spacial score (nSPS) is 23.7. The first kappa shape index (κ1) is 16.2. The highest BCUT2D eigenvalue weighted by molar-refractivity contribution is 5.81. The molecule has 1 spiro atoms. The maximum Gasteiger partial charge on any atom is 0.307 e. The minimum atomic E-state index is -0.727. The highest BCUT2D eigenvalue weighted by Gasteiger charge is 2.52. The zero-order valence-electron chi connectivity index (χ0n) is 13.1. The number of hydrogen-bond donors (Lipinski definition) is 0. The smallest absolute Gasteiger partial charge is 0.307 e. The molecule has 0 radical (unpaired) electrons. The minimum Gasteiger partial charge on any atom is -0.469 e. The second kappa shape index (κ2) is 6.75. The average molecular weight is 299 g/mol. The van der Waals surface area contributed by atoms with Crippen molar-refractivity contribution < 1.29 is 23.8 Å². The lowest BCUT2D eigenvalue weighted by Crippen LogP contribution is -2.49. The summed E-state index contributed by atoms with van der Waals surface area (Å²) in [5, 5.41) is 0. The number of nitrogens with zero attached hydrogens (tertiary/aromatic N) is 1. The molecule has 1 aliphatic carbocycles. The Morgan fingerprint density at radius 3 is 2.57 bits per heavy atom. The number of carbonyl (C=O) groups excluding carboxylic acids is 2. The molecule has 0 aromatic heterocycles. The van der Waals surface area contributed by atoms with Gasteiger partial charge in [0.25, 0.3) is 0 Å². The van der Waals surface area contributed by atoms with Crippen molar-refractivity contribution in [2.75, 3.05) is 26.9 Å². The third-order valence-corrected chi connectivity index (χ3v) is 4.31. The molecule has 120 valence electrons. The Kier molecular flexibility index (Phi) is 5.22. The molecule has 2 aliphatic rings. The Bertz CT molecular complexity index is 384. The number of rotatable bonds is 5. The van der Waals surface area contributed by atoms with Crippen LogP contribution in [-0.2, 0) is 23.8 Å². The minimum absolute atomic E-state index is 0.0216. The fourth-order valence-corrected chi connectivity index (χ4v) is 3.21. The van der Waals surface area contributed by atoms with Crippen LogP contribution in [0.1, 0.15) is 39.5 Å². The molecule has 0 bridgehead atoms. The van der Waals surface area contributed by atoms with Gasteiger partial charge in [-0.25, -0.2) is 0 Å². The van der Waals surface area contributed by atoms with Gasteiger partial charge in [0.05, 0.1) is 32.7 Å². The number of methoxy groups -OCH3 is 1. The number of carbonyl (C=O) groups is 2. The summed E-state index contributed by atoms with van der Waals surface area (Å²) < 4.78 is 16.2. The summed E-state index contributed by atoms with van der Waals surface area (Å²) in [7, 11) is 1.36. The molecule has 1 aliphatic heterocycles. The molecule has 1 saturated heterocycles. The highest BCUT2D eigenvalue weighted by Crippen LogP contribution is 2.43. The lowest BCUT2D eigenvalue weighted by atomic mass is 9.99. The topological polar surface area (TPSA) is 65.1 Å². The number of esters is 1. The van der Waals surface area contributed by atoms with Crippen molar-refractivity contribution in [1.82, 2.24) is 4.90 Å². The molecule has 0 aromatic rings. The fraction of sp³-hybridized carbons (Fsp3) is 0.867. The van der Waals surface area contributed by atoms with Crippen LogP contribution < -0.4 is 0 Å². The van der Waals surface area contributed by atoms with Gasteiger partial charge in [-0.15, -0.1) is 0 Å². The van der Waals surface area contributed by atoms with Crippen LogP contribution in [0.4, 0.5) is 0 Å². The largest absolute Gasteiger partial charge is 0.469 e. The van der Waals surface area contributed by atoms with Gasteiger partial charge in [0, 0.05) is 19.0 Å². The van der Waals surface area contributed by atoms with Gasteiger partial charge < -0.3 is 19.1 Å². The van der Waals surface area contributed by atoms with Crippen LogP contribution in [-0.4, -0.2) is 55.5 Å². The predicted octanol–water partition coefficient (Wildman–Crippen LogP) is 1.33. The molecule has 0 N–H and O–H groups in total. The molecule has 21 heavy (non-hydrogen) atoms. The lowest BCUT2D eigenvalue weighted by molar-refractivity contribution is -0.192. The van der Waals surface area contributed by atoms with Gasteiger partial charge in [-0.2, -0.15) is 0 Å². The van der Waals surface area contributed by atoms with Crippen LogP contribution in [0, 0.1) is 5.92 Å². The van der Waals surface area contributed by atoms with Gasteiger partial charge in [-0.1, -0.05) is 0 Å². The average Bonchev–Trinajstić information content (AvgIpc) is 3.09. The third-order valence-electron chi connectivity index (χ3n) is 4.31.